The molecule has 116 valence electrons. The average molecular weight is 298 g/mol. The highest BCUT2D eigenvalue weighted by atomic mass is 16.5. The van der Waals surface area contributed by atoms with Crippen LogP contribution in [-0.4, -0.2) is 46.6 Å². The van der Waals surface area contributed by atoms with Crippen LogP contribution in [0.3, 0.4) is 0 Å². The van der Waals surface area contributed by atoms with Gasteiger partial charge in [0.2, 0.25) is 5.91 Å². The second-order valence-corrected chi connectivity index (χ2v) is 3.91. The zero-order chi connectivity index (χ0) is 15.8. The molecule has 0 fully saturated rings. The number of amides is 3. The summed E-state index contributed by atoms with van der Waals surface area (Å²) in [5.41, 5.74) is 5.97. The van der Waals surface area contributed by atoms with Crippen molar-refractivity contribution in [3.63, 3.8) is 0 Å². The summed E-state index contributed by atoms with van der Waals surface area (Å²) in [5, 5.41) is 11.9. The maximum absolute atomic E-state index is 11.6. The number of hydrogen-bond acceptors (Lipinski definition) is 7. The van der Waals surface area contributed by atoms with Gasteiger partial charge in [-0.25, -0.2) is 14.3 Å². The van der Waals surface area contributed by atoms with E-state index in [-0.39, 0.29) is 31.8 Å². The number of urea groups is 1. The molecule has 1 aromatic rings. The van der Waals surface area contributed by atoms with Crippen LogP contribution in [0.1, 0.15) is 29.5 Å². The Morgan fingerprint density at radius 3 is 2.67 bits per heavy atom. The molecular formula is C11H18N6O4. The van der Waals surface area contributed by atoms with Gasteiger partial charge in [-0.1, -0.05) is 5.21 Å². The third kappa shape index (κ3) is 4.53. The minimum Gasteiger partial charge on any atom is -0.461 e. The third-order valence-electron chi connectivity index (χ3n) is 2.53. The summed E-state index contributed by atoms with van der Waals surface area (Å²) in [6.07, 6.45) is -0.00789. The molecule has 0 aromatic carbocycles. The van der Waals surface area contributed by atoms with E-state index in [1.807, 2.05) is 0 Å². The van der Waals surface area contributed by atoms with Crippen molar-refractivity contribution in [3.8, 4) is 0 Å². The van der Waals surface area contributed by atoms with E-state index >= 15 is 0 Å². The molecule has 0 aliphatic carbocycles. The van der Waals surface area contributed by atoms with Crippen LogP contribution < -0.4 is 16.4 Å². The molecule has 21 heavy (non-hydrogen) atoms. The number of ether oxygens (including phenoxy) is 1. The Morgan fingerprint density at radius 2 is 2.10 bits per heavy atom. The van der Waals surface area contributed by atoms with E-state index < -0.39 is 17.9 Å². The van der Waals surface area contributed by atoms with Crippen LogP contribution in [0.2, 0.25) is 0 Å². The number of hydrogen-bond donors (Lipinski definition) is 3. The largest absolute Gasteiger partial charge is 0.461 e. The smallest absolute Gasteiger partial charge is 0.360 e. The van der Waals surface area contributed by atoms with Crippen LogP contribution in [0.4, 0.5) is 4.79 Å². The van der Waals surface area contributed by atoms with Crippen molar-refractivity contribution in [1.29, 1.82) is 0 Å². The van der Waals surface area contributed by atoms with Crippen molar-refractivity contribution in [2.75, 3.05) is 13.7 Å². The number of nitrogens with one attached hydrogen (secondary N) is 2. The zero-order valence-corrected chi connectivity index (χ0v) is 11.9. The molecule has 10 heteroatoms. The van der Waals surface area contributed by atoms with Crippen molar-refractivity contribution < 1.29 is 19.1 Å². The number of rotatable bonds is 6. The van der Waals surface area contributed by atoms with Crippen molar-refractivity contribution >= 4 is 17.9 Å². The summed E-state index contributed by atoms with van der Waals surface area (Å²) in [6.45, 7) is 2.05. The predicted molar refractivity (Wildman–Crippen MR) is 71.1 cm³/mol. The van der Waals surface area contributed by atoms with Gasteiger partial charge >= 0.3 is 12.0 Å². The van der Waals surface area contributed by atoms with Crippen molar-refractivity contribution in [2.24, 2.45) is 5.73 Å². The van der Waals surface area contributed by atoms with Gasteiger partial charge in [-0.3, -0.25) is 10.1 Å². The van der Waals surface area contributed by atoms with Crippen molar-refractivity contribution in [2.45, 2.75) is 26.4 Å². The Hall–Kier alpha value is -2.49. The number of aryl methyl sites for hydroxylation is 1. The van der Waals surface area contributed by atoms with Gasteiger partial charge in [-0.05, 0) is 6.92 Å². The molecule has 1 aromatic heterocycles. The minimum atomic E-state index is -0.612. The number of esters is 1. The van der Waals surface area contributed by atoms with Crippen LogP contribution in [0.25, 0.3) is 0 Å². The number of aromatic nitrogens is 3. The Bertz CT molecular complexity index is 527. The SMILES string of the molecule is CCOC(=O)c1nnn(CCC(=O)NC(=O)NC)c1CN. The van der Waals surface area contributed by atoms with Crippen molar-refractivity contribution in [3.05, 3.63) is 11.4 Å². The maximum atomic E-state index is 11.6. The fourth-order valence-corrected chi connectivity index (χ4v) is 1.53. The standard InChI is InChI=1S/C11H18N6O4/c1-3-21-10(19)9-7(6-12)17(16-15-9)5-4-8(18)14-11(20)13-2/h3-6,12H2,1-2H3,(H2,13,14,18,20). The number of carbonyl (C=O) groups is 3. The first-order valence-electron chi connectivity index (χ1n) is 6.34. The molecule has 0 radical (unpaired) electrons. The van der Waals surface area contributed by atoms with Gasteiger partial charge < -0.3 is 15.8 Å². The zero-order valence-electron chi connectivity index (χ0n) is 11.9. The van der Waals surface area contributed by atoms with Gasteiger partial charge in [0.1, 0.15) is 0 Å². The lowest BCUT2D eigenvalue weighted by molar-refractivity contribution is -0.120. The normalized spacial score (nSPS) is 10.0. The average Bonchev–Trinajstić information content (AvgIpc) is 2.88. The van der Waals surface area contributed by atoms with Gasteiger partial charge in [0.15, 0.2) is 5.69 Å². The number of imide groups is 1. The van der Waals surface area contributed by atoms with E-state index in [0.29, 0.717) is 5.69 Å². The fraction of sp³-hybridized carbons (Fsp3) is 0.545. The quantitative estimate of drug-likeness (QED) is 0.557. The maximum Gasteiger partial charge on any atom is 0.360 e. The first-order chi connectivity index (χ1) is 10.0. The molecular weight excluding hydrogens is 280 g/mol. The molecule has 0 saturated heterocycles. The third-order valence-corrected chi connectivity index (χ3v) is 2.53. The molecule has 1 rings (SSSR count). The molecule has 10 nitrogen and oxygen atoms in total. The van der Waals surface area contributed by atoms with Crippen molar-refractivity contribution in [1.82, 2.24) is 25.6 Å². The van der Waals surface area contributed by atoms with Gasteiger partial charge in [0.25, 0.3) is 0 Å². The molecule has 4 N–H and O–H groups in total. The molecule has 0 atom stereocenters. The summed E-state index contributed by atoms with van der Waals surface area (Å²) in [7, 11) is 1.40. The first kappa shape index (κ1) is 16.6. The molecule has 0 unspecified atom stereocenters. The van der Waals surface area contributed by atoms with Crippen LogP contribution in [0.5, 0.6) is 0 Å². The summed E-state index contributed by atoms with van der Waals surface area (Å²) in [4.78, 5) is 34.1. The Kier molecular flexibility index (Phi) is 6.27. The topological polar surface area (TPSA) is 141 Å². The second kappa shape index (κ2) is 7.94. The van der Waals surface area contributed by atoms with E-state index in [0.717, 1.165) is 0 Å². The monoisotopic (exact) mass is 298 g/mol. The second-order valence-electron chi connectivity index (χ2n) is 3.91. The molecule has 0 saturated carbocycles. The van der Waals surface area contributed by atoms with Gasteiger partial charge in [-0.15, -0.1) is 5.10 Å². The first-order valence-corrected chi connectivity index (χ1v) is 6.34. The summed E-state index contributed by atoms with van der Waals surface area (Å²) in [6, 6.07) is -0.593. The van der Waals surface area contributed by atoms with E-state index in [1.165, 1.54) is 11.7 Å². The molecule has 0 aliphatic heterocycles. The minimum absolute atomic E-state index is 0.00789. The van der Waals surface area contributed by atoms with E-state index in [2.05, 4.69) is 20.9 Å². The van der Waals surface area contributed by atoms with Gasteiger partial charge in [0.05, 0.1) is 18.8 Å². The summed E-state index contributed by atoms with van der Waals surface area (Å²) < 4.78 is 6.18. The summed E-state index contributed by atoms with van der Waals surface area (Å²) in [5.74, 6) is -1.09. The van der Waals surface area contributed by atoms with Gasteiger partial charge in [-0.2, -0.15) is 0 Å². The Balaban J connectivity index is 2.70. The lowest BCUT2D eigenvalue weighted by Crippen LogP contribution is -2.37. The highest BCUT2D eigenvalue weighted by molar-refractivity contribution is 5.94. The fourth-order valence-electron chi connectivity index (χ4n) is 1.53. The van der Waals surface area contributed by atoms with Crippen LogP contribution in [-0.2, 0) is 22.6 Å². The summed E-state index contributed by atoms with van der Waals surface area (Å²) >= 11 is 0. The molecule has 0 aliphatic rings. The Labute approximate surface area is 121 Å². The van der Waals surface area contributed by atoms with E-state index in [1.54, 1.807) is 6.92 Å². The van der Waals surface area contributed by atoms with E-state index in [9.17, 15) is 14.4 Å². The molecule has 0 spiro atoms. The lowest BCUT2D eigenvalue weighted by Gasteiger charge is -2.06. The number of nitrogens with zero attached hydrogens (tertiary/aromatic N) is 3. The van der Waals surface area contributed by atoms with E-state index in [4.69, 9.17) is 10.5 Å². The number of carbonyl (C=O) groups excluding carboxylic acids is 3. The molecule has 1 heterocycles. The molecule has 0 bridgehead atoms. The van der Waals surface area contributed by atoms with Crippen LogP contribution in [0.15, 0.2) is 0 Å². The van der Waals surface area contributed by atoms with Gasteiger partial charge in [0, 0.05) is 20.0 Å². The number of nitrogens with two attached hydrogens (primary N) is 1. The van der Waals surface area contributed by atoms with Crippen LogP contribution in [0, 0.1) is 0 Å². The van der Waals surface area contributed by atoms with Crippen LogP contribution >= 0.6 is 0 Å². The highest BCUT2D eigenvalue weighted by Gasteiger charge is 2.20. The highest BCUT2D eigenvalue weighted by Crippen LogP contribution is 2.07. The Morgan fingerprint density at radius 1 is 1.38 bits per heavy atom. The predicted octanol–water partition coefficient (Wildman–Crippen LogP) is -1.24. The lowest BCUT2D eigenvalue weighted by atomic mass is 10.3. The molecule has 3 amide bonds.